The van der Waals surface area contributed by atoms with Crippen LogP contribution in [-0.2, 0) is 23.9 Å². The molecule has 1 unspecified atom stereocenters. The van der Waals surface area contributed by atoms with E-state index in [1.807, 2.05) is 0 Å². The van der Waals surface area contributed by atoms with Gasteiger partial charge in [0.15, 0.2) is 0 Å². The highest BCUT2D eigenvalue weighted by molar-refractivity contribution is 6.10. The Morgan fingerprint density at radius 2 is 1.81 bits per heavy atom. The number of nitrogens with zero attached hydrogens (tertiary/aromatic N) is 3. The molecule has 1 aliphatic carbocycles. The highest BCUT2D eigenvalue weighted by Gasteiger charge is 2.54. The van der Waals surface area contributed by atoms with E-state index in [9.17, 15) is 24.0 Å². The number of piperidine rings is 1. The fourth-order valence-electron chi connectivity index (χ4n) is 4.75. The first-order chi connectivity index (χ1) is 14.7. The molecule has 2 heterocycles. The maximum Gasteiger partial charge on any atom is 0.325 e. The molecule has 172 valence electrons. The number of carbonyl (C=O) groups is 5. The quantitative estimate of drug-likeness (QED) is 0.479. The second-order valence-corrected chi connectivity index (χ2v) is 8.67. The van der Waals surface area contributed by atoms with Gasteiger partial charge in [-0.05, 0) is 39.5 Å². The van der Waals surface area contributed by atoms with E-state index in [4.69, 9.17) is 4.74 Å². The van der Waals surface area contributed by atoms with Gasteiger partial charge in [0.2, 0.25) is 11.8 Å². The van der Waals surface area contributed by atoms with Crippen LogP contribution in [0.5, 0.6) is 0 Å². The number of likely N-dealkylation sites (tertiary alicyclic amines) is 1. The molecule has 0 aromatic heterocycles. The van der Waals surface area contributed by atoms with Crippen molar-refractivity contribution in [3.05, 3.63) is 0 Å². The Kier molecular flexibility index (Phi) is 6.86. The van der Waals surface area contributed by atoms with E-state index in [0.29, 0.717) is 45.4 Å². The van der Waals surface area contributed by atoms with Gasteiger partial charge in [0.25, 0.3) is 5.91 Å². The van der Waals surface area contributed by atoms with Crippen LogP contribution in [-0.4, -0.2) is 89.3 Å². The maximum absolute atomic E-state index is 12.9. The summed E-state index contributed by atoms with van der Waals surface area (Å²) in [7, 11) is 1.49. The van der Waals surface area contributed by atoms with Gasteiger partial charge in [-0.15, -0.1) is 0 Å². The van der Waals surface area contributed by atoms with Crippen molar-refractivity contribution in [2.75, 3.05) is 33.3 Å². The van der Waals surface area contributed by atoms with Gasteiger partial charge in [-0.3, -0.25) is 19.2 Å². The summed E-state index contributed by atoms with van der Waals surface area (Å²) < 4.78 is 5.04. The number of amides is 5. The van der Waals surface area contributed by atoms with E-state index in [2.05, 4.69) is 5.32 Å². The number of imide groups is 1. The molecular weight excluding hydrogens is 404 g/mol. The van der Waals surface area contributed by atoms with Crippen molar-refractivity contribution in [3.8, 4) is 0 Å². The maximum atomic E-state index is 12.9. The van der Waals surface area contributed by atoms with E-state index in [0.717, 1.165) is 17.7 Å². The summed E-state index contributed by atoms with van der Waals surface area (Å²) in [6, 6.07) is -1.53. The monoisotopic (exact) mass is 436 g/mol. The summed E-state index contributed by atoms with van der Waals surface area (Å²) in [4.78, 5) is 66.5. The molecule has 0 radical (unpaired) electrons. The third kappa shape index (κ3) is 4.52. The van der Waals surface area contributed by atoms with Gasteiger partial charge in [0.1, 0.15) is 11.6 Å². The third-order valence-electron chi connectivity index (χ3n) is 6.61. The highest BCUT2D eigenvalue weighted by Crippen LogP contribution is 2.35. The van der Waals surface area contributed by atoms with E-state index in [1.54, 1.807) is 11.8 Å². The Balaban J connectivity index is 1.53. The molecule has 5 amide bonds. The zero-order valence-corrected chi connectivity index (χ0v) is 18.5. The summed E-state index contributed by atoms with van der Waals surface area (Å²) in [5.74, 6) is -1.48. The van der Waals surface area contributed by atoms with Gasteiger partial charge < -0.3 is 19.9 Å². The minimum atomic E-state index is -0.986. The number of hydrogen-bond acceptors (Lipinski definition) is 6. The van der Waals surface area contributed by atoms with E-state index in [-0.39, 0.29) is 30.2 Å². The van der Waals surface area contributed by atoms with Crippen LogP contribution in [0.15, 0.2) is 0 Å². The van der Waals surface area contributed by atoms with Crippen LogP contribution in [0.25, 0.3) is 0 Å². The van der Waals surface area contributed by atoms with Gasteiger partial charge in [0.05, 0.1) is 19.1 Å². The molecule has 31 heavy (non-hydrogen) atoms. The minimum Gasteiger partial charge on any atom is -0.466 e. The van der Waals surface area contributed by atoms with Crippen molar-refractivity contribution in [3.63, 3.8) is 0 Å². The predicted molar refractivity (Wildman–Crippen MR) is 110 cm³/mol. The largest absolute Gasteiger partial charge is 0.466 e. The number of carbonyl (C=O) groups excluding carboxylic acids is 5. The SMILES string of the molecule is CCOC(=O)C1CCN(C(=O)CN(C)C(=O)C(C)N2C(=O)NC3(CCCC3)C2=O)CC1. The lowest BCUT2D eigenvalue weighted by molar-refractivity contribution is -0.151. The van der Waals surface area contributed by atoms with Crippen LogP contribution in [0.2, 0.25) is 0 Å². The first kappa shape index (κ1) is 23.0. The number of nitrogens with one attached hydrogen (secondary N) is 1. The van der Waals surface area contributed by atoms with E-state index in [1.165, 1.54) is 18.9 Å². The van der Waals surface area contributed by atoms with Crippen molar-refractivity contribution < 1.29 is 28.7 Å². The molecule has 2 saturated heterocycles. The van der Waals surface area contributed by atoms with Crippen molar-refractivity contribution >= 4 is 29.7 Å². The molecule has 1 saturated carbocycles. The predicted octanol–water partition coefficient (Wildman–Crippen LogP) is 0.500. The molecule has 0 aromatic rings. The Hall–Kier alpha value is -2.65. The highest BCUT2D eigenvalue weighted by atomic mass is 16.5. The molecule has 2 aliphatic heterocycles. The Labute approximate surface area is 182 Å². The van der Waals surface area contributed by atoms with Crippen LogP contribution in [0.1, 0.15) is 52.4 Å². The minimum absolute atomic E-state index is 0.151. The lowest BCUT2D eigenvalue weighted by atomic mass is 9.97. The van der Waals surface area contributed by atoms with Crippen molar-refractivity contribution in [2.24, 2.45) is 5.92 Å². The molecule has 3 aliphatic rings. The van der Waals surface area contributed by atoms with Gasteiger partial charge >= 0.3 is 12.0 Å². The zero-order chi connectivity index (χ0) is 22.8. The molecular formula is C21H32N4O6. The first-order valence-electron chi connectivity index (χ1n) is 11.1. The van der Waals surface area contributed by atoms with Crippen LogP contribution < -0.4 is 5.32 Å². The topological polar surface area (TPSA) is 116 Å². The first-order valence-corrected chi connectivity index (χ1v) is 11.1. The lowest BCUT2D eigenvalue weighted by Gasteiger charge is -2.33. The van der Waals surface area contributed by atoms with Crippen molar-refractivity contribution in [2.45, 2.75) is 64.0 Å². The molecule has 1 atom stereocenters. The van der Waals surface area contributed by atoms with Crippen LogP contribution in [0.3, 0.4) is 0 Å². The van der Waals surface area contributed by atoms with Crippen LogP contribution in [0.4, 0.5) is 4.79 Å². The Morgan fingerprint density at radius 1 is 1.19 bits per heavy atom. The number of hydrogen-bond donors (Lipinski definition) is 1. The summed E-state index contributed by atoms with van der Waals surface area (Å²) in [6.07, 6.45) is 3.97. The number of likely N-dealkylation sites (N-methyl/N-ethyl adjacent to an activating group) is 1. The number of ether oxygens (including phenoxy) is 1. The molecule has 1 N–H and O–H groups in total. The summed E-state index contributed by atoms with van der Waals surface area (Å²) in [5, 5.41) is 2.77. The molecule has 10 nitrogen and oxygen atoms in total. The standard InChI is InChI=1S/C21H32N4O6/c1-4-31-18(28)15-7-11-24(12-8-15)16(26)13-23(3)17(27)14(2)25-19(29)21(22-20(25)30)9-5-6-10-21/h14-15H,4-13H2,1-3H3,(H,22,30). The number of urea groups is 1. The summed E-state index contributed by atoms with van der Waals surface area (Å²) in [6.45, 7) is 4.31. The molecule has 1 spiro atoms. The van der Waals surface area contributed by atoms with Crippen molar-refractivity contribution in [1.29, 1.82) is 0 Å². The molecule has 10 heteroatoms. The van der Waals surface area contributed by atoms with Crippen LogP contribution in [0, 0.1) is 5.92 Å². The fraction of sp³-hybridized carbons (Fsp3) is 0.762. The second-order valence-electron chi connectivity index (χ2n) is 8.67. The zero-order valence-electron chi connectivity index (χ0n) is 18.5. The van der Waals surface area contributed by atoms with Gasteiger partial charge in [0, 0.05) is 20.1 Å². The Bertz CT molecular complexity index is 755. The normalized spacial score (nSPS) is 21.9. The average molecular weight is 437 g/mol. The van der Waals surface area contributed by atoms with Crippen LogP contribution >= 0.6 is 0 Å². The lowest BCUT2D eigenvalue weighted by Crippen LogP contribution is -2.52. The molecule has 3 fully saturated rings. The second kappa shape index (κ2) is 9.23. The third-order valence-corrected chi connectivity index (χ3v) is 6.61. The summed E-state index contributed by atoms with van der Waals surface area (Å²) >= 11 is 0. The van der Waals surface area contributed by atoms with Gasteiger partial charge in [-0.1, -0.05) is 12.8 Å². The van der Waals surface area contributed by atoms with Gasteiger partial charge in [-0.25, -0.2) is 9.69 Å². The smallest absolute Gasteiger partial charge is 0.325 e. The van der Waals surface area contributed by atoms with E-state index < -0.39 is 23.5 Å². The fourth-order valence-corrected chi connectivity index (χ4v) is 4.75. The molecule has 0 aromatic carbocycles. The number of rotatable bonds is 6. The average Bonchev–Trinajstić information content (AvgIpc) is 3.31. The summed E-state index contributed by atoms with van der Waals surface area (Å²) in [5.41, 5.74) is -0.872. The van der Waals surface area contributed by atoms with E-state index >= 15 is 0 Å². The van der Waals surface area contributed by atoms with Crippen molar-refractivity contribution in [1.82, 2.24) is 20.0 Å². The Morgan fingerprint density at radius 3 is 2.39 bits per heavy atom. The molecule has 3 rings (SSSR count). The van der Waals surface area contributed by atoms with Gasteiger partial charge in [-0.2, -0.15) is 0 Å². The number of esters is 1. The molecule has 0 bridgehead atoms.